The number of alkyl halides is 3. The summed E-state index contributed by atoms with van der Waals surface area (Å²) < 4.78 is 81.8. The van der Waals surface area contributed by atoms with Gasteiger partial charge in [-0.2, -0.15) is 0 Å². The predicted octanol–water partition coefficient (Wildman–Crippen LogP) is 6.06. The topological polar surface area (TPSA) is 119 Å². The number of carbonyl (C=O) groups excluding carboxylic acids is 3. The van der Waals surface area contributed by atoms with E-state index in [-0.39, 0.29) is 38.4 Å². The summed E-state index contributed by atoms with van der Waals surface area (Å²) in [5, 5.41) is -0.179. The van der Waals surface area contributed by atoms with Crippen LogP contribution in [-0.2, 0) is 24.4 Å². The fourth-order valence-electron chi connectivity index (χ4n) is 4.13. The van der Waals surface area contributed by atoms with Crippen molar-refractivity contribution >= 4 is 56.1 Å². The first-order chi connectivity index (χ1) is 20.3. The van der Waals surface area contributed by atoms with Crippen LogP contribution in [0.15, 0.2) is 95.9 Å². The summed E-state index contributed by atoms with van der Waals surface area (Å²) in [4.78, 5) is 35.1. The molecule has 0 saturated heterocycles. The molecule has 222 valence electrons. The Morgan fingerprint density at radius 1 is 0.791 bits per heavy atom. The highest BCUT2D eigenvalue weighted by molar-refractivity contribution is 7.93. The number of fused-ring (bicyclic) bond motifs is 1. The SMILES string of the molecule is CC(=O)Oc1ccc(/C=C/C(=O)N(c2cccc3c(S(=O)(=O)Nc4ccccc4)cccc23)C(F)(F)F)cc1OC(C)=O. The number of carbonyl (C=O) groups is 3. The molecule has 13 heteroatoms. The van der Waals surface area contributed by atoms with Gasteiger partial charge in [0.2, 0.25) is 0 Å². The molecule has 4 rings (SSSR count). The van der Waals surface area contributed by atoms with Gasteiger partial charge in [0.15, 0.2) is 11.5 Å². The third-order valence-corrected chi connectivity index (χ3v) is 7.22. The number of ether oxygens (including phenoxy) is 2. The fraction of sp³-hybridized carbons (Fsp3) is 0.100. The van der Waals surface area contributed by atoms with Crippen LogP contribution in [0.3, 0.4) is 0 Å². The van der Waals surface area contributed by atoms with E-state index in [0.717, 1.165) is 26.0 Å². The largest absolute Gasteiger partial charge is 0.491 e. The Morgan fingerprint density at radius 3 is 2.07 bits per heavy atom. The summed E-state index contributed by atoms with van der Waals surface area (Å²) in [6.07, 6.45) is -3.49. The highest BCUT2D eigenvalue weighted by Crippen LogP contribution is 2.37. The Labute approximate surface area is 244 Å². The number of halogens is 3. The van der Waals surface area contributed by atoms with E-state index in [1.54, 1.807) is 18.2 Å². The van der Waals surface area contributed by atoms with Crippen LogP contribution < -0.4 is 19.1 Å². The quantitative estimate of drug-likeness (QED) is 0.111. The van der Waals surface area contributed by atoms with E-state index in [2.05, 4.69) is 4.72 Å². The molecule has 0 heterocycles. The molecule has 0 aliphatic carbocycles. The number of rotatable bonds is 8. The Morgan fingerprint density at radius 2 is 1.42 bits per heavy atom. The number of hydrogen-bond acceptors (Lipinski definition) is 7. The molecule has 4 aromatic carbocycles. The van der Waals surface area contributed by atoms with E-state index in [9.17, 15) is 36.0 Å². The van der Waals surface area contributed by atoms with Crippen LogP contribution in [0.1, 0.15) is 19.4 Å². The van der Waals surface area contributed by atoms with Gasteiger partial charge in [0.25, 0.3) is 15.9 Å². The van der Waals surface area contributed by atoms with E-state index < -0.39 is 44.8 Å². The minimum atomic E-state index is -5.20. The van der Waals surface area contributed by atoms with Gasteiger partial charge in [0, 0.05) is 36.4 Å². The molecule has 43 heavy (non-hydrogen) atoms. The van der Waals surface area contributed by atoms with Crippen LogP contribution in [-0.4, -0.2) is 32.6 Å². The molecule has 9 nitrogen and oxygen atoms in total. The number of sulfonamides is 1. The second-order valence-electron chi connectivity index (χ2n) is 8.97. The van der Waals surface area contributed by atoms with E-state index >= 15 is 0 Å². The molecule has 4 aromatic rings. The maximum atomic E-state index is 14.3. The van der Waals surface area contributed by atoms with Crippen molar-refractivity contribution < 1.29 is 45.4 Å². The van der Waals surface area contributed by atoms with E-state index in [1.165, 1.54) is 60.7 Å². The number of nitrogens with one attached hydrogen (secondary N) is 1. The van der Waals surface area contributed by atoms with Gasteiger partial charge >= 0.3 is 18.2 Å². The fourth-order valence-corrected chi connectivity index (χ4v) is 5.42. The minimum absolute atomic E-state index is 0.0402. The second-order valence-corrected chi connectivity index (χ2v) is 10.6. The molecule has 0 fully saturated rings. The van der Waals surface area contributed by atoms with Gasteiger partial charge in [-0.1, -0.05) is 48.5 Å². The van der Waals surface area contributed by atoms with Crippen LogP contribution in [0.2, 0.25) is 0 Å². The van der Waals surface area contributed by atoms with Crippen LogP contribution in [0, 0.1) is 0 Å². The Hall–Kier alpha value is -5.17. The van der Waals surface area contributed by atoms with Gasteiger partial charge in [-0.3, -0.25) is 19.1 Å². The average Bonchev–Trinajstić information content (AvgIpc) is 2.92. The van der Waals surface area contributed by atoms with Crippen molar-refractivity contribution in [1.29, 1.82) is 0 Å². The third-order valence-electron chi connectivity index (χ3n) is 5.78. The van der Waals surface area contributed by atoms with Crippen molar-refractivity contribution in [2.45, 2.75) is 25.0 Å². The molecule has 0 radical (unpaired) electrons. The zero-order chi connectivity index (χ0) is 31.4. The van der Waals surface area contributed by atoms with Crippen molar-refractivity contribution in [1.82, 2.24) is 0 Å². The number of anilines is 2. The van der Waals surface area contributed by atoms with Crippen molar-refractivity contribution in [2.24, 2.45) is 0 Å². The molecule has 0 spiro atoms. The van der Waals surface area contributed by atoms with Crippen LogP contribution in [0.25, 0.3) is 16.8 Å². The molecule has 1 N–H and O–H groups in total. The summed E-state index contributed by atoms with van der Waals surface area (Å²) in [6.45, 7) is 2.23. The second kappa shape index (κ2) is 12.4. The monoisotopic (exact) mass is 612 g/mol. The van der Waals surface area contributed by atoms with Gasteiger partial charge in [-0.25, -0.2) is 13.3 Å². The molecule has 0 atom stereocenters. The average molecular weight is 613 g/mol. The first-order valence-electron chi connectivity index (χ1n) is 12.5. The van der Waals surface area contributed by atoms with Crippen LogP contribution >= 0.6 is 0 Å². The van der Waals surface area contributed by atoms with Gasteiger partial charge in [-0.05, 0) is 48.0 Å². The lowest BCUT2D eigenvalue weighted by Crippen LogP contribution is -2.42. The summed E-state index contributed by atoms with van der Waals surface area (Å²) in [7, 11) is -4.22. The van der Waals surface area contributed by atoms with Gasteiger partial charge < -0.3 is 9.47 Å². The summed E-state index contributed by atoms with van der Waals surface area (Å²) in [5.74, 6) is -3.23. The maximum Gasteiger partial charge on any atom is 0.491 e. The third kappa shape index (κ3) is 7.38. The highest BCUT2D eigenvalue weighted by atomic mass is 32.2. The molecule has 0 unspecified atom stereocenters. The first kappa shape index (κ1) is 30.8. The molecule has 0 aromatic heterocycles. The molecular weight excluding hydrogens is 589 g/mol. The number of esters is 2. The number of nitrogens with zero attached hydrogens (tertiary/aromatic N) is 1. The zero-order valence-electron chi connectivity index (χ0n) is 22.6. The predicted molar refractivity (Wildman–Crippen MR) is 153 cm³/mol. The minimum Gasteiger partial charge on any atom is -0.423 e. The lowest BCUT2D eigenvalue weighted by molar-refractivity contribution is -0.146. The van der Waals surface area contributed by atoms with Crippen molar-refractivity contribution in [3.63, 3.8) is 0 Å². The van der Waals surface area contributed by atoms with Gasteiger partial charge in [-0.15, -0.1) is 13.2 Å². The van der Waals surface area contributed by atoms with E-state index in [1.807, 2.05) is 0 Å². The maximum absolute atomic E-state index is 14.3. The van der Waals surface area contributed by atoms with E-state index in [4.69, 9.17) is 9.47 Å². The van der Waals surface area contributed by atoms with Crippen LogP contribution in [0.4, 0.5) is 24.5 Å². The molecular formula is C30H23F3N2O7S. The molecule has 0 aliphatic heterocycles. The molecule has 0 aliphatic rings. The first-order valence-corrected chi connectivity index (χ1v) is 13.9. The molecule has 0 bridgehead atoms. The van der Waals surface area contributed by atoms with Crippen molar-refractivity contribution in [3.8, 4) is 11.5 Å². The summed E-state index contributed by atoms with van der Waals surface area (Å²) >= 11 is 0. The Bertz CT molecular complexity index is 1840. The van der Waals surface area contributed by atoms with Gasteiger partial charge in [0.1, 0.15) is 0 Å². The summed E-state index contributed by atoms with van der Waals surface area (Å²) in [5.41, 5.74) is -0.186. The Kier molecular flexibility index (Phi) is 8.85. The number of hydrogen-bond donors (Lipinski definition) is 1. The lowest BCUT2D eigenvalue weighted by Gasteiger charge is -2.25. The Balaban J connectivity index is 1.73. The number of amides is 1. The van der Waals surface area contributed by atoms with Crippen molar-refractivity contribution in [3.05, 3.63) is 96.6 Å². The number of benzene rings is 4. The molecule has 0 saturated carbocycles. The van der Waals surface area contributed by atoms with Gasteiger partial charge in [0.05, 0.1) is 10.6 Å². The van der Waals surface area contributed by atoms with E-state index in [0.29, 0.717) is 6.08 Å². The standard InChI is InChI=1S/C30H23F3N2O7S/c1-19(36)41-26-16-14-21(18-27(26)42-20(2)37)15-17-29(38)35(30(31,32)33)25-12-6-11-24-23(25)10-7-13-28(24)43(39,40)34-22-8-4-3-5-9-22/h3-18,34H,1-2H3/b17-15+. The van der Waals surface area contributed by atoms with Crippen LogP contribution in [0.5, 0.6) is 11.5 Å². The number of para-hydroxylation sites is 1. The zero-order valence-corrected chi connectivity index (χ0v) is 23.4. The lowest BCUT2D eigenvalue weighted by atomic mass is 10.1. The smallest absolute Gasteiger partial charge is 0.423 e. The molecule has 1 amide bonds. The normalized spacial score (nSPS) is 11.7. The van der Waals surface area contributed by atoms with Crippen molar-refractivity contribution in [2.75, 3.05) is 9.62 Å². The highest BCUT2D eigenvalue weighted by Gasteiger charge is 2.42. The summed E-state index contributed by atoms with van der Waals surface area (Å²) in [6, 6.07) is 19.2.